The fraction of sp³-hybridized carbons (Fsp3) is 0.429. The van der Waals surface area contributed by atoms with E-state index in [1.807, 2.05) is 18.2 Å². The van der Waals surface area contributed by atoms with E-state index in [0.717, 1.165) is 40.3 Å². The molecular formula is C28H28N2O. The second-order valence-electron chi connectivity index (χ2n) is 10.3. The molecule has 0 unspecified atom stereocenters. The van der Waals surface area contributed by atoms with Gasteiger partial charge in [0.25, 0.3) is 0 Å². The highest BCUT2D eigenvalue weighted by molar-refractivity contribution is 6.33. The highest BCUT2D eigenvalue weighted by Crippen LogP contribution is 2.50. The van der Waals surface area contributed by atoms with Crippen molar-refractivity contribution in [1.29, 1.82) is 5.26 Å². The van der Waals surface area contributed by atoms with Crippen molar-refractivity contribution in [3.63, 3.8) is 0 Å². The first-order valence-electron chi connectivity index (χ1n) is 11.7. The zero-order valence-corrected chi connectivity index (χ0v) is 18.4. The SMILES string of the molecule is CC1(C)C2=C(C(=O)c3cc(C4CCN(C5CC5)CC4)ccc31)c1ccc(C#N)cc1C2. The number of likely N-dealkylation sites (tertiary alicyclic amines) is 1. The van der Waals surface area contributed by atoms with Gasteiger partial charge in [0.1, 0.15) is 0 Å². The number of nitriles is 1. The lowest BCUT2D eigenvalue weighted by Crippen LogP contribution is -2.35. The van der Waals surface area contributed by atoms with Gasteiger partial charge < -0.3 is 4.90 Å². The van der Waals surface area contributed by atoms with Crippen LogP contribution in [0, 0.1) is 11.3 Å². The van der Waals surface area contributed by atoms with E-state index in [1.54, 1.807) is 0 Å². The molecule has 0 atom stereocenters. The highest BCUT2D eigenvalue weighted by atomic mass is 16.1. The average molecular weight is 409 g/mol. The minimum atomic E-state index is -0.182. The molecule has 3 heteroatoms. The van der Waals surface area contributed by atoms with Gasteiger partial charge in [-0.25, -0.2) is 0 Å². The Kier molecular flexibility index (Phi) is 4.08. The summed E-state index contributed by atoms with van der Waals surface area (Å²) in [6, 6.07) is 15.6. The maximum absolute atomic E-state index is 13.8. The third kappa shape index (κ3) is 2.85. The van der Waals surface area contributed by atoms with Crippen LogP contribution in [-0.4, -0.2) is 29.8 Å². The number of benzene rings is 2. The summed E-state index contributed by atoms with van der Waals surface area (Å²) in [5, 5.41) is 9.29. The fourth-order valence-electron chi connectivity index (χ4n) is 6.17. The third-order valence-electron chi connectivity index (χ3n) is 8.18. The molecule has 0 spiro atoms. The van der Waals surface area contributed by atoms with Gasteiger partial charge in [0, 0.05) is 22.6 Å². The number of piperidine rings is 1. The lowest BCUT2D eigenvalue weighted by atomic mass is 9.67. The molecule has 1 saturated carbocycles. The molecule has 1 aliphatic heterocycles. The molecule has 1 saturated heterocycles. The number of Topliss-reactive ketones (excluding diaryl/α,β-unsaturated/α-hetero) is 1. The van der Waals surface area contributed by atoms with Crippen LogP contribution in [0.15, 0.2) is 42.0 Å². The van der Waals surface area contributed by atoms with E-state index in [4.69, 9.17) is 0 Å². The highest BCUT2D eigenvalue weighted by Gasteiger charge is 2.43. The van der Waals surface area contributed by atoms with Crippen LogP contribution in [0.3, 0.4) is 0 Å². The van der Waals surface area contributed by atoms with E-state index in [-0.39, 0.29) is 11.2 Å². The van der Waals surface area contributed by atoms with Crippen molar-refractivity contribution < 1.29 is 4.79 Å². The van der Waals surface area contributed by atoms with Crippen LogP contribution in [-0.2, 0) is 11.8 Å². The van der Waals surface area contributed by atoms with Gasteiger partial charge in [-0.05, 0) is 97.1 Å². The quantitative estimate of drug-likeness (QED) is 0.670. The van der Waals surface area contributed by atoms with Gasteiger partial charge in [0.05, 0.1) is 11.6 Å². The standard InChI is InChI=1S/C28H28N2O/c1-28(2)24-8-4-19(18-9-11-30(12-10-18)21-5-6-21)14-23(24)27(31)26-22-7-3-17(16-29)13-20(22)15-25(26)28/h3-4,7-8,13-14,18,21H,5-6,9-12,15H2,1-2H3. The molecule has 0 radical (unpaired) electrons. The number of allylic oxidation sites excluding steroid dienone is 2. The van der Waals surface area contributed by atoms with Gasteiger partial charge in [-0.2, -0.15) is 5.26 Å². The average Bonchev–Trinajstić information content (AvgIpc) is 3.57. The van der Waals surface area contributed by atoms with Crippen molar-refractivity contribution in [1.82, 2.24) is 4.90 Å². The molecule has 31 heavy (non-hydrogen) atoms. The van der Waals surface area contributed by atoms with Gasteiger partial charge in [0.2, 0.25) is 0 Å². The maximum atomic E-state index is 13.8. The number of hydrogen-bond acceptors (Lipinski definition) is 3. The first kappa shape index (κ1) is 19.0. The van der Waals surface area contributed by atoms with E-state index < -0.39 is 0 Å². The zero-order valence-electron chi connectivity index (χ0n) is 18.4. The summed E-state index contributed by atoms with van der Waals surface area (Å²) in [5.41, 5.74) is 8.11. The molecule has 2 aromatic carbocycles. The van der Waals surface area contributed by atoms with Gasteiger partial charge >= 0.3 is 0 Å². The fourth-order valence-corrected chi connectivity index (χ4v) is 6.17. The second kappa shape index (κ2) is 6.65. The number of nitrogens with zero attached hydrogens (tertiary/aromatic N) is 2. The van der Waals surface area contributed by atoms with Crippen LogP contribution in [0.2, 0.25) is 0 Å². The number of hydrogen-bond donors (Lipinski definition) is 0. The van der Waals surface area contributed by atoms with Crippen molar-refractivity contribution in [3.8, 4) is 6.07 Å². The van der Waals surface area contributed by atoms with E-state index in [0.29, 0.717) is 11.5 Å². The predicted molar refractivity (Wildman–Crippen MR) is 122 cm³/mol. The van der Waals surface area contributed by atoms with Gasteiger partial charge in [-0.15, -0.1) is 0 Å². The normalized spacial score (nSPS) is 22.7. The molecule has 3 aliphatic carbocycles. The van der Waals surface area contributed by atoms with Crippen LogP contribution >= 0.6 is 0 Å². The van der Waals surface area contributed by atoms with Crippen molar-refractivity contribution >= 4 is 11.4 Å². The predicted octanol–water partition coefficient (Wildman–Crippen LogP) is 5.38. The number of carbonyl (C=O) groups is 1. The molecule has 0 aromatic heterocycles. The smallest absolute Gasteiger partial charge is 0.193 e. The van der Waals surface area contributed by atoms with Crippen molar-refractivity contribution in [2.45, 2.75) is 63.3 Å². The lowest BCUT2D eigenvalue weighted by Gasteiger charge is -2.36. The van der Waals surface area contributed by atoms with E-state index in [2.05, 4.69) is 43.0 Å². The van der Waals surface area contributed by atoms with Gasteiger partial charge in [-0.1, -0.05) is 32.0 Å². The molecule has 0 bridgehead atoms. The monoisotopic (exact) mass is 408 g/mol. The first-order valence-corrected chi connectivity index (χ1v) is 11.7. The largest absolute Gasteiger partial charge is 0.300 e. The van der Waals surface area contributed by atoms with Crippen LogP contribution in [0.1, 0.15) is 83.6 Å². The Hall–Kier alpha value is -2.70. The lowest BCUT2D eigenvalue weighted by molar-refractivity contribution is 0.105. The van der Waals surface area contributed by atoms with Crippen LogP contribution in [0.5, 0.6) is 0 Å². The number of rotatable bonds is 2. The minimum Gasteiger partial charge on any atom is -0.300 e. The number of carbonyl (C=O) groups excluding carboxylic acids is 1. The van der Waals surface area contributed by atoms with Crippen molar-refractivity contribution in [2.24, 2.45) is 0 Å². The Bertz CT molecular complexity index is 1180. The Balaban J connectivity index is 1.36. The summed E-state index contributed by atoms with van der Waals surface area (Å²) >= 11 is 0. The molecule has 0 N–H and O–H groups in total. The van der Waals surface area contributed by atoms with E-state index in [9.17, 15) is 10.1 Å². The molecule has 4 aliphatic rings. The van der Waals surface area contributed by atoms with E-state index in [1.165, 1.54) is 49.9 Å². The summed E-state index contributed by atoms with van der Waals surface area (Å²) in [6.45, 7) is 6.88. The Morgan fingerprint density at radius 1 is 1.00 bits per heavy atom. The van der Waals surface area contributed by atoms with Crippen LogP contribution in [0.25, 0.3) is 5.57 Å². The Labute approximate surface area is 184 Å². The topological polar surface area (TPSA) is 44.1 Å². The first-order chi connectivity index (χ1) is 15.0. The summed E-state index contributed by atoms with van der Waals surface area (Å²) < 4.78 is 0. The molecule has 3 nitrogen and oxygen atoms in total. The molecule has 2 aromatic rings. The molecule has 6 rings (SSSR count). The van der Waals surface area contributed by atoms with Gasteiger partial charge in [0.15, 0.2) is 5.78 Å². The van der Waals surface area contributed by atoms with Gasteiger partial charge in [-0.3, -0.25) is 4.79 Å². The summed E-state index contributed by atoms with van der Waals surface area (Å²) in [6.07, 6.45) is 5.91. The summed E-state index contributed by atoms with van der Waals surface area (Å²) in [5.74, 6) is 0.727. The summed E-state index contributed by atoms with van der Waals surface area (Å²) in [7, 11) is 0. The number of fused-ring (bicyclic) bond motifs is 3. The minimum absolute atomic E-state index is 0.171. The molecular weight excluding hydrogens is 380 g/mol. The van der Waals surface area contributed by atoms with E-state index >= 15 is 0 Å². The van der Waals surface area contributed by atoms with Crippen LogP contribution in [0.4, 0.5) is 0 Å². The third-order valence-corrected chi connectivity index (χ3v) is 8.18. The summed E-state index contributed by atoms with van der Waals surface area (Å²) in [4.78, 5) is 16.4. The molecule has 0 amide bonds. The Morgan fingerprint density at radius 2 is 1.77 bits per heavy atom. The Morgan fingerprint density at radius 3 is 2.48 bits per heavy atom. The maximum Gasteiger partial charge on any atom is 0.193 e. The zero-order chi connectivity index (χ0) is 21.3. The van der Waals surface area contributed by atoms with Crippen molar-refractivity contribution in [3.05, 3.63) is 75.4 Å². The second-order valence-corrected chi connectivity index (χ2v) is 10.3. The van der Waals surface area contributed by atoms with Crippen molar-refractivity contribution in [2.75, 3.05) is 13.1 Å². The van der Waals surface area contributed by atoms with Crippen LogP contribution < -0.4 is 0 Å². The molecule has 2 fully saturated rings. The molecule has 1 heterocycles. The number of ketones is 1. The molecule has 156 valence electrons.